The highest BCUT2D eigenvalue weighted by molar-refractivity contribution is 5.96. The third-order valence-electron chi connectivity index (χ3n) is 11.8. The maximum absolute atomic E-state index is 12.4. The molecule has 208 valence electrons. The maximum Gasteiger partial charge on any atom is 0.335 e. The van der Waals surface area contributed by atoms with Gasteiger partial charge in [-0.1, -0.05) is 31.5 Å². The largest absolute Gasteiger partial charge is 0.431 e. The Morgan fingerprint density at radius 3 is 2.63 bits per heavy atom. The van der Waals surface area contributed by atoms with Crippen molar-refractivity contribution in [2.45, 2.75) is 96.5 Å². The smallest absolute Gasteiger partial charge is 0.335 e. The van der Waals surface area contributed by atoms with Crippen LogP contribution in [-0.4, -0.2) is 47.6 Å². The zero-order valence-electron chi connectivity index (χ0n) is 23.6. The van der Waals surface area contributed by atoms with Crippen LogP contribution in [0.4, 0.5) is 0 Å². The first-order valence-electron chi connectivity index (χ1n) is 15.2. The molecule has 38 heavy (non-hydrogen) atoms. The summed E-state index contributed by atoms with van der Waals surface area (Å²) < 4.78 is 5.23. The second-order valence-electron chi connectivity index (χ2n) is 13.6. The third kappa shape index (κ3) is 4.30. The van der Waals surface area contributed by atoms with Crippen LogP contribution in [-0.2, 0) is 4.84 Å². The summed E-state index contributed by atoms with van der Waals surface area (Å²) in [4.78, 5) is 19.9. The van der Waals surface area contributed by atoms with E-state index in [1.165, 1.54) is 37.6 Å². The summed E-state index contributed by atoms with van der Waals surface area (Å²) in [5, 5.41) is 17.0. The molecule has 1 N–H and O–H groups in total. The van der Waals surface area contributed by atoms with Gasteiger partial charge in [0.1, 0.15) is 6.61 Å². The number of allylic oxidation sites excluding steroid dienone is 2. The molecule has 4 aliphatic carbocycles. The molecular weight excluding hydrogens is 476 g/mol. The molecule has 6 rings (SSSR count). The summed E-state index contributed by atoms with van der Waals surface area (Å²) in [7, 11) is 0. The fraction of sp³-hybridized carbons (Fsp3) is 0.750. The molecule has 6 nitrogen and oxygen atoms in total. The fourth-order valence-electron chi connectivity index (χ4n) is 9.30. The van der Waals surface area contributed by atoms with Crippen LogP contribution in [0.3, 0.4) is 0 Å². The molecule has 0 aromatic carbocycles. The first-order chi connectivity index (χ1) is 18.2. The van der Waals surface area contributed by atoms with Crippen molar-refractivity contribution in [3.63, 3.8) is 0 Å². The zero-order valence-corrected chi connectivity index (χ0v) is 23.6. The van der Waals surface area contributed by atoms with Crippen LogP contribution < -0.4 is 5.63 Å². The van der Waals surface area contributed by atoms with E-state index in [0.717, 1.165) is 75.1 Å². The van der Waals surface area contributed by atoms with E-state index >= 15 is 0 Å². The van der Waals surface area contributed by atoms with Gasteiger partial charge in [0.05, 0.1) is 17.6 Å². The number of nitrogens with zero attached hydrogens (tertiary/aromatic N) is 2. The predicted octanol–water partition coefficient (Wildman–Crippen LogP) is 5.91. The summed E-state index contributed by atoms with van der Waals surface area (Å²) in [5.74, 6) is 1.90. The number of likely N-dealkylation sites (tertiary alicyclic amines) is 1. The van der Waals surface area contributed by atoms with E-state index in [2.05, 4.69) is 36.9 Å². The summed E-state index contributed by atoms with van der Waals surface area (Å²) in [6.45, 7) is 11.1. The van der Waals surface area contributed by atoms with Gasteiger partial charge in [-0.15, -0.1) is 0 Å². The number of rotatable bonds is 5. The highest BCUT2D eigenvalue weighted by Crippen LogP contribution is 2.69. The zero-order chi connectivity index (χ0) is 26.5. The van der Waals surface area contributed by atoms with Crippen molar-refractivity contribution in [3.8, 4) is 0 Å². The molecule has 0 radical (unpaired) electrons. The number of fused-ring (bicyclic) bond motifs is 5. The summed E-state index contributed by atoms with van der Waals surface area (Å²) in [5.41, 5.74) is 2.64. The topological polar surface area (TPSA) is 75.3 Å². The lowest BCUT2D eigenvalue weighted by Crippen LogP contribution is -2.60. The first-order valence-corrected chi connectivity index (χ1v) is 15.2. The molecule has 6 heteroatoms. The molecule has 1 aromatic heterocycles. The lowest BCUT2D eigenvalue weighted by Gasteiger charge is -2.61. The van der Waals surface area contributed by atoms with Crippen molar-refractivity contribution in [1.82, 2.24) is 4.90 Å². The van der Waals surface area contributed by atoms with Gasteiger partial charge in [0, 0.05) is 18.0 Å². The van der Waals surface area contributed by atoms with Gasteiger partial charge < -0.3 is 14.4 Å². The quantitative estimate of drug-likeness (QED) is 0.385. The van der Waals surface area contributed by atoms with Crippen molar-refractivity contribution < 1.29 is 14.4 Å². The van der Waals surface area contributed by atoms with E-state index in [0.29, 0.717) is 18.4 Å². The minimum atomic E-state index is -0.672. The number of aliphatic hydroxyl groups is 1. The molecule has 0 bridgehead atoms. The number of piperidine rings is 1. The maximum atomic E-state index is 12.4. The van der Waals surface area contributed by atoms with Crippen LogP contribution in [0.1, 0.15) is 96.5 Å². The summed E-state index contributed by atoms with van der Waals surface area (Å²) in [6, 6.07) is 3.44. The molecule has 5 aliphatic rings. The van der Waals surface area contributed by atoms with Gasteiger partial charge in [-0.3, -0.25) is 4.90 Å². The molecule has 0 amide bonds. The Hall–Kier alpha value is -1.92. The van der Waals surface area contributed by atoms with Crippen LogP contribution in [0.15, 0.2) is 44.4 Å². The molecular formula is C32H46N2O4. The number of hydrogen-bond donors (Lipinski definition) is 1. The van der Waals surface area contributed by atoms with Gasteiger partial charge in [-0.2, -0.15) is 0 Å². The Morgan fingerprint density at radius 2 is 1.87 bits per heavy atom. The molecule has 1 aliphatic heterocycles. The van der Waals surface area contributed by atoms with Crippen LogP contribution >= 0.6 is 0 Å². The van der Waals surface area contributed by atoms with Crippen molar-refractivity contribution in [1.29, 1.82) is 0 Å². The third-order valence-corrected chi connectivity index (χ3v) is 11.8. The molecule has 3 saturated carbocycles. The normalized spacial score (nSPS) is 40.8. The van der Waals surface area contributed by atoms with Gasteiger partial charge >= 0.3 is 5.63 Å². The fourth-order valence-corrected chi connectivity index (χ4v) is 9.30. The molecule has 0 spiro atoms. The first kappa shape index (κ1) is 26.3. The molecule has 1 saturated heterocycles. The van der Waals surface area contributed by atoms with Crippen molar-refractivity contribution in [2.75, 3.05) is 26.2 Å². The second-order valence-corrected chi connectivity index (χ2v) is 13.6. The number of oxime groups is 1. The highest BCUT2D eigenvalue weighted by atomic mass is 16.6. The van der Waals surface area contributed by atoms with E-state index in [4.69, 9.17) is 9.25 Å². The molecule has 1 aromatic rings. The summed E-state index contributed by atoms with van der Waals surface area (Å²) >= 11 is 0. The monoisotopic (exact) mass is 522 g/mol. The SMILES string of the molecule is CC1CCN(CCO/N=C2/C=C3CCC4C(CC[C@]5(C)[C@@H](c6ccc(=O)oc6)CC[C@]45O)[C@@]3(C)CC2)CC1. The molecule has 4 fully saturated rings. The Balaban J connectivity index is 1.14. The van der Waals surface area contributed by atoms with Crippen LogP contribution in [0, 0.1) is 28.6 Å². The van der Waals surface area contributed by atoms with Crippen molar-refractivity contribution in [2.24, 2.45) is 33.7 Å². The van der Waals surface area contributed by atoms with E-state index < -0.39 is 5.60 Å². The Labute approximate surface area is 227 Å². The van der Waals surface area contributed by atoms with Gasteiger partial charge in [-0.25, -0.2) is 4.79 Å². The van der Waals surface area contributed by atoms with Crippen molar-refractivity contribution >= 4 is 5.71 Å². The van der Waals surface area contributed by atoms with Gasteiger partial charge in [-0.05, 0) is 124 Å². The predicted molar refractivity (Wildman–Crippen MR) is 149 cm³/mol. The van der Waals surface area contributed by atoms with Gasteiger partial charge in [0.25, 0.3) is 0 Å². The van der Waals surface area contributed by atoms with E-state index in [1.54, 1.807) is 6.26 Å². The highest BCUT2D eigenvalue weighted by Gasteiger charge is 2.66. The minimum Gasteiger partial charge on any atom is -0.431 e. The average molecular weight is 523 g/mol. The van der Waals surface area contributed by atoms with E-state index in [-0.39, 0.29) is 22.4 Å². The summed E-state index contributed by atoms with van der Waals surface area (Å²) in [6.07, 6.45) is 14.6. The van der Waals surface area contributed by atoms with Crippen molar-refractivity contribution in [3.05, 3.63) is 46.0 Å². The van der Waals surface area contributed by atoms with Gasteiger partial charge in [0.2, 0.25) is 0 Å². The molecule has 2 unspecified atom stereocenters. The van der Waals surface area contributed by atoms with Gasteiger partial charge in [0.15, 0.2) is 0 Å². The van der Waals surface area contributed by atoms with Crippen LogP contribution in [0.2, 0.25) is 0 Å². The standard InChI is InChI=1S/C32H46N2O4/c1-22-11-16-34(17-12-22)18-19-38-33-25-8-13-30(2)24(20-25)5-6-28-27(30)9-14-31(3)26(10-15-32(28,31)36)23-4-7-29(35)37-21-23/h4,7,20-22,26-28,36H,5-6,8-19H2,1-3H3/b33-25+/t26-,27?,28?,30+,31-,32+/m1/s1. The second kappa shape index (κ2) is 9.92. The Kier molecular flexibility index (Phi) is 6.87. The van der Waals surface area contributed by atoms with E-state index in [1.807, 2.05) is 6.07 Å². The lowest BCUT2D eigenvalue weighted by atomic mass is 9.45. The van der Waals surface area contributed by atoms with E-state index in [9.17, 15) is 9.90 Å². The molecule has 2 heterocycles. The Bertz CT molecular complexity index is 1130. The van der Waals surface area contributed by atoms with Crippen LogP contribution in [0.5, 0.6) is 0 Å². The number of hydrogen-bond acceptors (Lipinski definition) is 6. The molecule has 6 atom stereocenters. The Morgan fingerprint density at radius 1 is 1.05 bits per heavy atom. The minimum absolute atomic E-state index is 0.126. The van der Waals surface area contributed by atoms with Crippen LogP contribution in [0.25, 0.3) is 0 Å². The lowest BCUT2D eigenvalue weighted by molar-refractivity contribution is -0.176. The average Bonchev–Trinajstić information content (AvgIpc) is 3.19.